The van der Waals surface area contributed by atoms with E-state index < -0.39 is 0 Å². The summed E-state index contributed by atoms with van der Waals surface area (Å²) in [5.41, 5.74) is 1.06. The van der Waals surface area contributed by atoms with Crippen molar-refractivity contribution in [3.05, 3.63) is 35.6 Å². The maximum Gasteiger partial charge on any atom is 0.197 e. The van der Waals surface area contributed by atoms with Crippen LogP contribution in [-0.2, 0) is 0 Å². The summed E-state index contributed by atoms with van der Waals surface area (Å²) < 4.78 is 0. The Labute approximate surface area is 75.5 Å². The van der Waals surface area contributed by atoms with Gasteiger partial charge in [0, 0.05) is 17.4 Å². The molecule has 1 aliphatic heterocycles. The fraction of sp³-hybridized carbons (Fsp3) is 0.111. The van der Waals surface area contributed by atoms with Gasteiger partial charge in [-0.2, -0.15) is 0 Å². The van der Waals surface area contributed by atoms with E-state index >= 15 is 0 Å². The Balaban J connectivity index is 2.49. The second-order valence-corrected chi connectivity index (χ2v) is 3.53. The number of thioether (sulfide) groups is 1. The van der Waals surface area contributed by atoms with E-state index in [1.54, 1.807) is 22.1 Å². The first kappa shape index (κ1) is 7.55. The highest BCUT2D eigenvalue weighted by Gasteiger charge is 2.14. The number of benzene rings is 1. The Morgan fingerprint density at radius 3 is 2.92 bits per heavy atom. The molecule has 62 valence electrons. The Morgan fingerprint density at radius 2 is 2.08 bits per heavy atom. The van der Waals surface area contributed by atoms with Crippen molar-refractivity contribution in [2.24, 2.45) is 0 Å². The average molecular weight is 179 g/mol. The molecule has 0 atom stereocenters. The molecule has 1 aromatic carbocycles. The monoisotopic (exact) mass is 179 g/mol. The minimum absolute atomic E-state index is 0.304. The molecule has 0 saturated carbocycles. The van der Waals surface area contributed by atoms with Gasteiger partial charge in [-0.05, 0) is 12.1 Å². The topological polar surface area (TPSA) is 23.5 Å². The van der Waals surface area contributed by atoms with Crippen molar-refractivity contribution in [2.45, 2.75) is 4.90 Å². The molecule has 3 heteroatoms. The summed E-state index contributed by atoms with van der Waals surface area (Å²) in [4.78, 5) is 2.95. The molecule has 1 aromatic rings. The minimum Gasteiger partial charge on any atom is -0.494 e. The van der Waals surface area contributed by atoms with Gasteiger partial charge in [0.15, 0.2) is 5.88 Å². The molecule has 2 nitrogen and oxygen atoms in total. The highest BCUT2D eigenvalue weighted by Crippen LogP contribution is 2.36. The molecule has 12 heavy (non-hydrogen) atoms. The molecule has 0 saturated heterocycles. The van der Waals surface area contributed by atoms with Crippen molar-refractivity contribution in [1.29, 1.82) is 0 Å². The van der Waals surface area contributed by atoms with Crippen molar-refractivity contribution in [1.82, 2.24) is 0 Å². The summed E-state index contributed by atoms with van der Waals surface area (Å²) in [6.45, 7) is 0. The normalized spacial score (nSPS) is 15.4. The number of aliphatic hydroxyl groups is 1. The Bertz CT molecular complexity index is 335. The molecule has 0 spiro atoms. The minimum atomic E-state index is 0.304. The van der Waals surface area contributed by atoms with E-state index in [1.165, 1.54) is 4.90 Å². The summed E-state index contributed by atoms with van der Waals surface area (Å²) in [6.07, 6.45) is 0. The van der Waals surface area contributed by atoms with Gasteiger partial charge in [-0.1, -0.05) is 23.9 Å². The van der Waals surface area contributed by atoms with Crippen LogP contribution in [0.5, 0.6) is 0 Å². The summed E-state index contributed by atoms with van der Waals surface area (Å²) in [7, 11) is 1.85. The van der Waals surface area contributed by atoms with Gasteiger partial charge in [0.1, 0.15) is 0 Å². The standard InChI is InChI=1S/C9H9NOS/c1-10-7-4-2-3-5-8(7)12-6-9(10)11/h2-6,11H,1H3. The molecule has 0 bridgehead atoms. The lowest BCUT2D eigenvalue weighted by Crippen LogP contribution is -2.18. The van der Waals surface area contributed by atoms with Crippen molar-refractivity contribution >= 4 is 17.4 Å². The quantitative estimate of drug-likeness (QED) is 0.662. The molecule has 0 amide bonds. The second kappa shape index (κ2) is 2.75. The highest BCUT2D eigenvalue weighted by molar-refractivity contribution is 8.02. The van der Waals surface area contributed by atoms with Crippen LogP contribution >= 0.6 is 11.8 Å². The number of hydrogen-bond acceptors (Lipinski definition) is 3. The van der Waals surface area contributed by atoms with Crippen LogP contribution in [0.2, 0.25) is 0 Å². The fourth-order valence-corrected chi connectivity index (χ4v) is 2.03. The third-order valence-corrected chi connectivity index (χ3v) is 2.79. The zero-order valence-corrected chi connectivity index (χ0v) is 7.51. The molecular formula is C9H9NOS. The number of aliphatic hydroxyl groups excluding tert-OH is 1. The SMILES string of the molecule is CN1C(O)=CSc2ccccc21. The maximum absolute atomic E-state index is 9.39. The Hall–Kier alpha value is -1.09. The number of rotatable bonds is 0. The number of anilines is 1. The summed E-state index contributed by atoms with van der Waals surface area (Å²) in [5, 5.41) is 11.1. The van der Waals surface area contributed by atoms with Gasteiger partial charge in [0.05, 0.1) is 5.69 Å². The van der Waals surface area contributed by atoms with Crippen LogP contribution in [0.25, 0.3) is 0 Å². The van der Waals surface area contributed by atoms with Gasteiger partial charge in [-0.3, -0.25) is 0 Å². The van der Waals surface area contributed by atoms with Gasteiger partial charge < -0.3 is 10.0 Å². The van der Waals surface area contributed by atoms with E-state index in [2.05, 4.69) is 0 Å². The first-order chi connectivity index (χ1) is 5.79. The van der Waals surface area contributed by atoms with E-state index in [9.17, 15) is 5.11 Å². The number of hydrogen-bond donors (Lipinski definition) is 1. The fourth-order valence-electron chi connectivity index (χ4n) is 1.15. The van der Waals surface area contributed by atoms with Crippen LogP contribution in [0.1, 0.15) is 0 Å². The van der Waals surface area contributed by atoms with Gasteiger partial charge in [-0.25, -0.2) is 0 Å². The number of para-hydroxylation sites is 1. The first-order valence-electron chi connectivity index (χ1n) is 3.67. The van der Waals surface area contributed by atoms with Crippen LogP contribution in [0.3, 0.4) is 0 Å². The van der Waals surface area contributed by atoms with Gasteiger partial charge >= 0.3 is 0 Å². The number of nitrogens with zero attached hydrogens (tertiary/aromatic N) is 1. The van der Waals surface area contributed by atoms with Crippen molar-refractivity contribution < 1.29 is 5.11 Å². The van der Waals surface area contributed by atoms with Crippen LogP contribution in [0.15, 0.2) is 40.5 Å². The van der Waals surface area contributed by atoms with Gasteiger partial charge in [0.25, 0.3) is 0 Å². The second-order valence-electron chi connectivity index (χ2n) is 2.62. The van der Waals surface area contributed by atoms with Crippen molar-refractivity contribution in [3.8, 4) is 0 Å². The first-order valence-corrected chi connectivity index (χ1v) is 4.55. The molecule has 0 unspecified atom stereocenters. The van der Waals surface area contributed by atoms with Crippen LogP contribution in [0, 0.1) is 0 Å². The van der Waals surface area contributed by atoms with Gasteiger partial charge in [0.2, 0.25) is 0 Å². The van der Waals surface area contributed by atoms with Crippen LogP contribution in [0.4, 0.5) is 5.69 Å². The molecule has 0 aromatic heterocycles. The van der Waals surface area contributed by atoms with Gasteiger partial charge in [-0.15, -0.1) is 0 Å². The smallest absolute Gasteiger partial charge is 0.197 e. The molecule has 0 aliphatic carbocycles. The largest absolute Gasteiger partial charge is 0.494 e. The predicted octanol–water partition coefficient (Wildman–Crippen LogP) is 2.59. The average Bonchev–Trinajstić information content (AvgIpc) is 2.12. The lowest BCUT2D eigenvalue weighted by atomic mass is 10.3. The summed E-state index contributed by atoms with van der Waals surface area (Å²) in [6, 6.07) is 8.00. The molecule has 2 rings (SSSR count). The van der Waals surface area contributed by atoms with E-state index in [4.69, 9.17) is 0 Å². The lowest BCUT2D eigenvalue weighted by Gasteiger charge is -2.23. The van der Waals surface area contributed by atoms with E-state index in [1.807, 2.05) is 31.3 Å². The molecule has 1 N–H and O–H groups in total. The third-order valence-electron chi connectivity index (χ3n) is 1.86. The zero-order chi connectivity index (χ0) is 8.55. The molecule has 0 radical (unpaired) electrons. The Kier molecular flexibility index (Phi) is 1.73. The Morgan fingerprint density at radius 1 is 1.33 bits per heavy atom. The predicted molar refractivity (Wildman–Crippen MR) is 51.4 cm³/mol. The zero-order valence-electron chi connectivity index (χ0n) is 6.69. The van der Waals surface area contributed by atoms with E-state index in [0.29, 0.717) is 5.88 Å². The van der Waals surface area contributed by atoms with E-state index in [0.717, 1.165) is 5.69 Å². The summed E-state index contributed by atoms with van der Waals surface area (Å²) in [5.74, 6) is 0.304. The molecule has 0 fully saturated rings. The summed E-state index contributed by atoms with van der Waals surface area (Å²) >= 11 is 1.55. The highest BCUT2D eigenvalue weighted by atomic mass is 32.2. The van der Waals surface area contributed by atoms with Crippen molar-refractivity contribution in [3.63, 3.8) is 0 Å². The number of fused-ring (bicyclic) bond motifs is 1. The van der Waals surface area contributed by atoms with E-state index in [-0.39, 0.29) is 0 Å². The third kappa shape index (κ3) is 1.06. The lowest BCUT2D eigenvalue weighted by molar-refractivity contribution is 0.398. The molecule has 1 heterocycles. The van der Waals surface area contributed by atoms with Crippen LogP contribution < -0.4 is 4.90 Å². The van der Waals surface area contributed by atoms with Crippen LogP contribution in [-0.4, -0.2) is 12.2 Å². The van der Waals surface area contributed by atoms with Crippen molar-refractivity contribution in [2.75, 3.05) is 11.9 Å². The molecule has 1 aliphatic rings. The molecular weight excluding hydrogens is 170 g/mol. The maximum atomic E-state index is 9.39.